The first-order chi connectivity index (χ1) is 62.7. The number of carbonyl (C=O) groups excluding carboxylic acids is 1. The number of rotatable bonds is 28. The lowest BCUT2D eigenvalue weighted by Crippen LogP contribution is -2.35. The van der Waals surface area contributed by atoms with Crippen molar-refractivity contribution in [2.24, 2.45) is 23.7 Å². The van der Waals surface area contributed by atoms with Crippen LogP contribution >= 0.6 is 11.3 Å². The molecule has 0 aliphatic carbocycles. The Morgan fingerprint density at radius 1 is 0.423 bits per heavy atom. The normalized spacial score (nSPS) is 19.7. The number of carbonyl (C=O) groups is 1. The number of fused-ring (bicyclic) bond motifs is 5. The molecule has 8 aliphatic heterocycles. The highest BCUT2D eigenvalue weighted by Crippen LogP contribution is 2.42. The summed E-state index contributed by atoms with van der Waals surface area (Å²) in [6.45, 7) is 29.2. The van der Waals surface area contributed by atoms with Crippen LogP contribution in [0.15, 0.2) is 117 Å². The standard InChI is InChI=1S/C25H34N4O3S.C24H31N5O2S2.C24H32N4O4S.C23H32N4O3S/c1-16(2)22(15-30)26-24-23-21(11-14-33(23)31)27-25(28-24)29-12-9-20(10-13-29)19-7-5-18(6-8-19)17(3)32-4;1-14(2)19(13-30)25-22-21-17(8-11-33(21)31)27-24(28-22)29-9-6-16(7-10-29)23-26-18-12-15(3)4-5-20(18)32-23;1-15(2)20(14-29)25-22-21-19(9-12-33(21)31)26-24(27-22)28-10-7-16(8-11-28)17-5-4-6-18(13-17)23(30)32-3;1-15(2)20(14-28)24-22-21-19(10-13-31(21)29)25-23(26-22)27-11-8-17(9-12-27)16-4-6-18(30-3)7-5-16/h5-8,16,20,22,30H,3,9-15H2,1-2,4H3,(H,26,27,28);4-5,12,14,16,19,30H,6-11,13H2,1-3H3,(H,25,27,28);4-6,13,15-16,20,29H,7-12,14H2,1-3H3,(H,25,26,27);4-7,15,17,20,28H,8-14H2,1-3H3,(H,24,25,26)/t22-,33?;19-,33?;20-,33?;20-,31?/m0000/s1. The fraction of sp³-hybridized carbons (Fsp3) is 0.542. The van der Waals surface area contributed by atoms with Crippen molar-refractivity contribution in [2.45, 2.75) is 207 Å². The Hall–Kier alpha value is -9.26. The second-order valence-corrected chi connectivity index (χ2v) is 43.3. The van der Waals surface area contributed by atoms with E-state index in [1.165, 1.54) is 33.5 Å². The van der Waals surface area contributed by atoms with E-state index in [0.29, 0.717) is 141 Å². The Morgan fingerprint density at radius 3 is 1.08 bits per heavy atom. The van der Waals surface area contributed by atoms with Gasteiger partial charge in [-0.2, -0.15) is 19.9 Å². The van der Waals surface area contributed by atoms with E-state index in [9.17, 15) is 42.1 Å². The smallest absolute Gasteiger partial charge is 0.337 e. The average molecular weight is 1870 g/mol. The second kappa shape index (κ2) is 44.5. The average Bonchev–Trinajstić information content (AvgIpc) is 1.53. The van der Waals surface area contributed by atoms with Gasteiger partial charge < -0.3 is 75.5 Å². The van der Waals surface area contributed by atoms with Crippen LogP contribution in [0.5, 0.6) is 5.75 Å². The number of benzene rings is 4. The lowest BCUT2D eigenvalue weighted by atomic mass is 9.88. The van der Waals surface area contributed by atoms with Gasteiger partial charge in [-0.15, -0.1) is 11.3 Å². The summed E-state index contributed by atoms with van der Waals surface area (Å²) in [5.41, 5.74) is 11.2. The molecular formula is C96H129N17O12S5. The number of thiazole rings is 1. The van der Waals surface area contributed by atoms with Gasteiger partial charge in [0.2, 0.25) is 23.8 Å². The van der Waals surface area contributed by atoms with Crippen LogP contribution in [0.1, 0.15) is 196 Å². The van der Waals surface area contributed by atoms with Crippen molar-refractivity contribution in [3.63, 3.8) is 0 Å². The van der Waals surface area contributed by atoms with Gasteiger partial charge in [0.05, 0.1) is 159 Å². The van der Waals surface area contributed by atoms with Crippen LogP contribution in [0, 0.1) is 30.6 Å². The van der Waals surface area contributed by atoms with Crippen molar-refractivity contribution < 1.29 is 56.3 Å². The molecule has 700 valence electrons. The second-order valence-electron chi connectivity index (χ2n) is 36.2. The molecule has 8 atom stereocenters. The number of piperidine rings is 4. The number of nitrogens with zero attached hydrogens (tertiary/aromatic N) is 13. The Kier molecular flexibility index (Phi) is 33.1. The van der Waals surface area contributed by atoms with E-state index in [1.54, 1.807) is 20.3 Å². The van der Waals surface area contributed by atoms with Crippen LogP contribution < -0.4 is 45.6 Å². The molecule has 0 radical (unpaired) electrons. The number of aromatic nitrogens is 9. The summed E-state index contributed by atoms with van der Waals surface area (Å²) in [7, 11) is 0.334. The first-order valence-corrected chi connectivity index (χ1v) is 52.0. The van der Waals surface area contributed by atoms with Crippen molar-refractivity contribution in [2.75, 3.05) is 164 Å². The summed E-state index contributed by atoms with van der Waals surface area (Å²) in [5.74, 6) is 11.5. The van der Waals surface area contributed by atoms with Gasteiger partial charge in [0, 0.05) is 113 Å². The number of nitrogens with one attached hydrogen (secondary N) is 4. The summed E-state index contributed by atoms with van der Waals surface area (Å²) in [4.78, 5) is 66.9. The molecule has 17 rings (SSSR count). The van der Waals surface area contributed by atoms with Crippen LogP contribution in [0.25, 0.3) is 16.0 Å². The zero-order valence-electron chi connectivity index (χ0n) is 77.0. The first kappa shape index (κ1) is 96.8. The first-order valence-electron chi connectivity index (χ1n) is 45.9. The van der Waals surface area contributed by atoms with Crippen LogP contribution in [0.3, 0.4) is 0 Å². The number of ether oxygens (including phenoxy) is 3. The van der Waals surface area contributed by atoms with E-state index < -0.39 is 43.2 Å². The van der Waals surface area contributed by atoms with Crippen molar-refractivity contribution >= 4 is 124 Å². The molecule has 130 heavy (non-hydrogen) atoms. The van der Waals surface area contributed by atoms with Gasteiger partial charge in [0.15, 0.2) is 0 Å². The molecule has 4 unspecified atom stereocenters. The highest BCUT2D eigenvalue weighted by atomic mass is 32.2. The van der Waals surface area contributed by atoms with E-state index in [2.05, 4.69) is 157 Å². The van der Waals surface area contributed by atoms with E-state index in [0.717, 1.165) is 159 Å². The molecule has 34 heteroatoms. The number of aryl methyl sites for hydroxylation is 5. The molecule has 8 N–H and O–H groups in total. The lowest BCUT2D eigenvalue weighted by Gasteiger charge is -2.33. The minimum atomic E-state index is -1.12. The quantitative estimate of drug-likeness (QED) is 0.0167. The molecule has 29 nitrogen and oxygen atoms in total. The molecule has 8 aliphatic rings. The van der Waals surface area contributed by atoms with Gasteiger partial charge in [-0.3, -0.25) is 16.8 Å². The molecule has 0 bridgehead atoms. The van der Waals surface area contributed by atoms with E-state index in [-0.39, 0.29) is 80.2 Å². The van der Waals surface area contributed by atoms with E-state index >= 15 is 0 Å². The molecule has 9 aromatic rings. The van der Waals surface area contributed by atoms with Crippen molar-refractivity contribution in [1.29, 1.82) is 0 Å². The maximum atomic E-state index is 12.6. The predicted octanol–water partition coefficient (Wildman–Crippen LogP) is 13.1. The monoisotopic (exact) mass is 1870 g/mol. The lowest BCUT2D eigenvalue weighted by molar-refractivity contribution is 0.0600. The topological polar surface area (TPSA) is 371 Å². The Morgan fingerprint density at radius 2 is 0.762 bits per heavy atom. The minimum Gasteiger partial charge on any atom is -0.497 e. The summed E-state index contributed by atoms with van der Waals surface area (Å²) in [6.07, 6.45) is 10.8. The van der Waals surface area contributed by atoms with Gasteiger partial charge in [0.1, 0.15) is 54.4 Å². The van der Waals surface area contributed by atoms with Crippen LogP contribution in [0.4, 0.5) is 47.1 Å². The van der Waals surface area contributed by atoms with Crippen molar-refractivity contribution in [3.8, 4) is 5.75 Å². The number of hydrogen-bond acceptors (Lipinski definition) is 30. The van der Waals surface area contributed by atoms with Gasteiger partial charge in [-0.1, -0.05) is 117 Å². The molecular weight excluding hydrogens is 1740 g/mol. The third-order valence-corrected chi connectivity index (χ3v) is 33.4. The third kappa shape index (κ3) is 23.0. The number of hydrogen-bond donors (Lipinski definition) is 8. The molecule has 4 aromatic carbocycles. The van der Waals surface area contributed by atoms with Crippen molar-refractivity contribution in [1.82, 2.24) is 44.9 Å². The zero-order valence-corrected chi connectivity index (χ0v) is 81.1. The Balaban J connectivity index is 0.000000140. The number of anilines is 8. The van der Waals surface area contributed by atoms with Crippen LogP contribution in [-0.2, 0) is 78.4 Å². The van der Waals surface area contributed by atoms with Gasteiger partial charge >= 0.3 is 5.97 Å². The zero-order chi connectivity index (χ0) is 92.1. The maximum Gasteiger partial charge on any atom is 0.337 e. The summed E-state index contributed by atoms with van der Waals surface area (Å²) < 4.78 is 67.0. The highest BCUT2D eigenvalue weighted by molar-refractivity contribution is 7.86. The van der Waals surface area contributed by atoms with Crippen molar-refractivity contribution in [3.05, 3.63) is 159 Å². The summed E-state index contributed by atoms with van der Waals surface area (Å²) in [5, 5.41) is 53.7. The van der Waals surface area contributed by atoms with Gasteiger partial charge in [0.25, 0.3) is 0 Å². The molecule has 4 fully saturated rings. The van der Waals surface area contributed by atoms with Gasteiger partial charge in [-0.25, -0.2) is 29.7 Å². The largest absolute Gasteiger partial charge is 0.497 e. The van der Waals surface area contributed by atoms with E-state index in [4.69, 9.17) is 59.1 Å². The highest BCUT2D eigenvalue weighted by Gasteiger charge is 2.37. The molecule has 0 amide bonds. The van der Waals surface area contributed by atoms with E-state index in [1.807, 2.05) is 49.4 Å². The molecule has 13 heterocycles. The Labute approximate surface area is 778 Å². The number of aliphatic hydroxyl groups is 4. The van der Waals surface area contributed by atoms with Gasteiger partial charge in [-0.05, 0) is 158 Å². The predicted molar refractivity (Wildman–Crippen MR) is 520 cm³/mol. The third-order valence-electron chi connectivity index (χ3n) is 26.3. The number of aliphatic hydroxyl groups excluding tert-OH is 4. The maximum absolute atomic E-state index is 12.6. The van der Waals surface area contributed by atoms with Crippen LogP contribution in [0.2, 0.25) is 0 Å². The number of methoxy groups -OCH3 is 3. The minimum absolute atomic E-state index is 0.000321. The fourth-order valence-corrected chi connectivity index (χ4v) is 24.2. The molecule has 5 aromatic heterocycles. The molecule has 0 saturated carbocycles. The number of esters is 1. The molecule has 4 saturated heterocycles. The SMILES string of the molecule is C=C(OC)c1ccc(C2CCN(c3nc4c(c(N[C@@H](CO)C(C)C)n3)S(=O)CC4)CC2)cc1.COC(=O)c1cccc(C2CCN(c3nc4c(c(N[C@@H](CO)C(C)C)n3)S(=O)CC4)CC2)c1.COc1ccc(C2CCN(c3nc4c(c(N[C@@H](CO)C(C)C)n3)S(=O)CC4)CC2)cc1.Cc1ccc2sc(C3CCN(c4nc5c(c(N[C@@H](CO)C(C)C)n4)S(=O)CC5)CC3)nc2c1. The fourth-order valence-electron chi connectivity index (χ4n) is 17.9. The van der Waals surface area contributed by atoms with Crippen LogP contribution in [-0.4, -0.2) is 235 Å². The Bertz CT molecular complexity index is 5500. The molecule has 0 spiro atoms. The summed E-state index contributed by atoms with van der Waals surface area (Å²) >= 11 is 1.81. The summed E-state index contributed by atoms with van der Waals surface area (Å²) in [6, 6.07) is 30.4.